The van der Waals surface area contributed by atoms with E-state index in [0.717, 1.165) is 12.1 Å². The van der Waals surface area contributed by atoms with E-state index in [1.165, 1.54) is 12.1 Å². The Kier molecular flexibility index (Phi) is 3.24. The largest absolute Gasteiger partial charge is 0.439 e. The first-order chi connectivity index (χ1) is 8.84. The summed E-state index contributed by atoms with van der Waals surface area (Å²) in [7, 11) is 0. The average Bonchev–Trinajstić information content (AvgIpc) is 2.30. The Bertz CT molecular complexity index is 583. The number of alkyl halides is 3. The number of hydrogen-bond acceptors (Lipinski definition) is 4. The van der Waals surface area contributed by atoms with Crippen LogP contribution in [-0.4, -0.2) is 9.97 Å². The molecule has 0 aliphatic carbocycles. The first kappa shape index (κ1) is 13.1. The van der Waals surface area contributed by atoms with Crippen LogP contribution in [0.3, 0.4) is 0 Å². The maximum absolute atomic E-state index is 12.7. The van der Waals surface area contributed by atoms with Crippen LogP contribution >= 0.6 is 0 Å². The highest BCUT2D eigenvalue weighted by Gasteiger charge is 2.33. The van der Waals surface area contributed by atoms with E-state index >= 15 is 0 Å². The van der Waals surface area contributed by atoms with Crippen LogP contribution in [0.5, 0.6) is 11.6 Å². The molecule has 0 amide bonds. The molecule has 100 valence electrons. The van der Waals surface area contributed by atoms with E-state index in [9.17, 15) is 17.6 Å². The number of nitrogens with zero attached hydrogens (tertiary/aromatic N) is 2. The highest BCUT2D eigenvalue weighted by Crippen LogP contribution is 2.31. The molecule has 4 nitrogen and oxygen atoms in total. The second-order valence-electron chi connectivity index (χ2n) is 3.50. The topological polar surface area (TPSA) is 61.0 Å². The summed E-state index contributed by atoms with van der Waals surface area (Å²) in [4.78, 5) is 6.58. The third kappa shape index (κ3) is 3.30. The average molecular weight is 273 g/mol. The molecule has 0 saturated carbocycles. The standard InChI is InChI=1S/C11H7F4N3O/c12-6-1-3-7(4-2-6)19-9-5-8(11(13,14)15)17-10(16)18-9/h1-5H,(H2,16,17,18). The van der Waals surface area contributed by atoms with Crippen molar-refractivity contribution in [2.75, 3.05) is 5.73 Å². The fraction of sp³-hybridized carbons (Fsp3) is 0.0909. The second kappa shape index (κ2) is 4.71. The molecule has 0 saturated heterocycles. The molecule has 0 radical (unpaired) electrons. The zero-order chi connectivity index (χ0) is 14.0. The molecule has 19 heavy (non-hydrogen) atoms. The van der Waals surface area contributed by atoms with Crippen LogP contribution in [0.1, 0.15) is 5.69 Å². The molecule has 0 bridgehead atoms. The van der Waals surface area contributed by atoms with E-state index in [2.05, 4.69) is 9.97 Å². The van der Waals surface area contributed by atoms with E-state index in [0.29, 0.717) is 6.07 Å². The van der Waals surface area contributed by atoms with Gasteiger partial charge >= 0.3 is 6.18 Å². The molecular formula is C11H7F4N3O. The summed E-state index contributed by atoms with van der Waals surface area (Å²) in [6.07, 6.45) is -4.65. The van der Waals surface area contributed by atoms with Crippen LogP contribution < -0.4 is 10.5 Å². The van der Waals surface area contributed by atoms with Gasteiger partial charge in [0.1, 0.15) is 11.6 Å². The monoisotopic (exact) mass is 273 g/mol. The minimum atomic E-state index is -4.65. The number of hydrogen-bond donors (Lipinski definition) is 1. The number of rotatable bonds is 2. The van der Waals surface area contributed by atoms with Gasteiger partial charge in [0.2, 0.25) is 11.8 Å². The minimum Gasteiger partial charge on any atom is -0.439 e. The van der Waals surface area contributed by atoms with E-state index in [1.54, 1.807) is 0 Å². The molecule has 2 N–H and O–H groups in total. The van der Waals surface area contributed by atoms with Gasteiger partial charge in [0.05, 0.1) is 0 Å². The van der Waals surface area contributed by atoms with Crippen molar-refractivity contribution in [1.29, 1.82) is 0 Å². The zero-order valence-corrected chi connectivity index (χ0v) is 9.28. The van der Waals surface area contributed by atoms with E-state index in [1.807, 2.05) is 0 Å². The van der Waals surface area contributed by atoms with Crippen LogP contribution in [0.15, 0.2) is 30.3 Å². The van der Waals surface area contributed by atoms with E-state index in [4.69, 9.17) is 10.5 Å². The number of halogens is 4. The summed E-state index contributed by atoms with van der Waals surface area (Å²) in [5, 5.41) is 0. The maximum Gasteiger partial charge on any atom is 0.433 e. The van der Waals surface area contributed by atoms with Crippen molar-refractivity contribution in [1.82, 2.24) is 9.97 Å². The normalized spacial score (nSPS) is 11.4. The summed E-state index contributed by atoms with van der Waals surface area (Å²) < 4.78 is 55.2. The van der Waals surface area contributed by atoms with Gasteiger partial charge in [-0.3, -0.25) is 0 Å². The van der Waals surface area contributed by atoms with Crippen molar-refractivity contribution in [2.24, 2.45) is 0 Å². The van der Waals surface area contributed by atoms with Gasteiger partial charge in [-0.25, -0.2) is 9.37 Å². The predicted octanol–water partition coefficient (Wildman–Crippen LogP) is 3.01. The molecule has 8 heteroatoms. The maximum atomic E-state index is 12.7. The Labute approximate surface area is 104 Å². The lowest BCUT2D eigenvalue weighted by atomic mass is 10.3. The van der Waals surface area contributed by atoms with Crippen molar-refractivity contribution in [2.45, 2.75) is 6.18 Å². The van der Waals surface area contributed by atoms with Gasteiger partial charge < -0.3 is 10.5 Å². The molecular weight excluding hydrogens is 266 g/mol. The van der Waals surface area contributed by atoms with Gasteiger partial charge in [0, 0.05) is 6.07 Å². The van der Waals surface area contributed by atoms with Crippen LogP contribution in [0, 0.1) is 5.82 Å². The van der Waals surface area contributed by atoms with Gasteiger partial charge in [-0.2, -0.15) is 18.2 Å². The summed E-state index contributed by atoms with van der Waals surface area (Å²) in [6.45, 7) is 0. The Morgan fingerprint density at radius 1 is 1.05 bits per heavy atom. The molecule has 1 aromatic heterocycles. The summed E-state index contributed by atoms with van der Waals surface area (Å²) in [6, 6.07) is 5.32. The lowest BCUT2D eigenvalue weighted by Crippen LogP contribution is -2.11. The molecule has 0 unspecified atom stereocenters. The molecule has 0 aliphatic rings. The number of nitrogens with two attached hydrogens (primary N) is 1. The number of aromatic nitrogens is 2. The number of benzene rings is 1. The fourth-order valence-corrected chi connectivity index (χ4v) is 1.26. The number of anilines is 1. The molecule has 1 aromatic carbocycles. The van der Waals surface area contributed by atoms with Crippen molar-refractivity contribution >= 4 is 5.95 Å². The first-order valence-corrected chi connectivity index (χ1v) is 5.00. The van der Waals surface area contributed by atoms with E-state index in [-0.39, 0.29) is 11.6 Å². The molecule has 0 spiro atoms. The van der Waals surface area contributed by atoms with Gasteiger partial charge in [-0.1, -0.05) is 0 Å². The van der Waals surface area contributed by atoms with Crippen molar-refractivity contribution in [3.63, 3.8) is 0 Å². The molecule has 0 atom stereocenters. The Hall–Kier alpha value is -2.38. The molecule has 2 rings (SSSR count). The van der Waals surface area contributed by atoms with Gasteiger partial charge in [0.15, 0.2) is 5.69 Å². The Morgan fingerprint density at radius 3 is 2.26 bits per heavy atom. The van der Waals surface area contributed by atoms with E-state index < -0.39 is 23.6 Å². The first-order valence-electron chi connectivity index (χ1n) is 5.00. The van der Waals surface area contributed by atoms with Crippen molar-refractivity contribution in [3.8, 4) is 11.6 Å². The summed E-state index contributed by atoms with van der Waals surface area (Å²) >= 11 is 0. The summed E-state index contributed by atoms with van der Waals surface area (Å²) in [5.74, 6) is -1.29. The Balaban J connectivity index is 2.30. The highest BCUT2D eigenvalue weighted by molar-refractivity contribution is 5.32. The molecule has 0 fully saturated rings. The van der Waals surface area contributed by atoms with Crippen molar-refractivity contribution in [3.05, 3.63) is 41.8 Å². The summed E-state index contributed by atoms with van der Waals surface area (Å²) in [5.41, 5.74) is 3.96. The molecule has 2 aromatic rings. The fourth-order valence-electron chi connectivity index (χ4n) is 1.26. The SMILES string of the molecule is Nc1nc(Oc2ccc(F)cc2)cc(C(F)(F)F)n1. The Morgan fingerprint density at radius 2 is 1.68 bits per heavy atom. The number of nitrogen functional groups attached to an aromatic ring is 1. The van der Waals surface area contributed by atoms with Gasteiger partial charge in [0.25, 0.3) is 0 Å². The van der Waals surface area contributed by atoms with Crippen LogP contribution in [0.4, 0.5) is 23.5 Å². The molecule has 0 aliphatic heterocycles. The van der Waals surface area contributed by atoms with Crippen LogP contribution in [0.25, 0.3) is 0 Å². The van der Waals surface area contributed by atoms with Crippen molar-refractivity contribution < 1.29 is 22.3 Å². The lowest BCUT2D eigenvalue weighted by molar-refractivity contribution is -0.141. The third-order valence-corrected chi connectivity index (χ3v) is 2.05. The van der Waals surface area contributed by atoms with Gasteiger partial charge in [-0.15, -0.1) is 0 Å². The zero-order valence-electron chi connectivity index (χ0n) is 9.28. The smallest absolute Gasteiger partial charge is 0.433 e. The lowest BCUT2D eigenvalue weighted by Gasteiger charge is -2.09. The second-order valence-corrected chi connectivity index (χ2v) is 3.50. The highest BCUT2D eigenvalue weighted by atomic mass is 19.4. The molecule has 1 heterocycles. The predicted molar refractivity (Wildman–Crippen MR) is 57.9 cm³/mol. The minimum absolute atomic E-state index is 0.132. The van der Waals surface area contributed by atoms with Crippen LogP contribution in [-0.2, 0) is 6.18 Å². The van der Waals surface area contributed by atoms with Gasteiger partial charge in [-0.05, 0) is 24.3 Å². The number of ether oxygens (including phenoxy) is 1. The quantitative estimate of drug-likeness (QED) is 0.854. The van der Waals surface area contributed by atoms with Crippen LogP contribution in [0.2, 0.25) is 0 Å². The third-order valence-electron chi connectivity index (χ3n) is 2.05.